The molecule has 1 aromatic rings. The molecule has 1 aliphatic heterocycles. The van der Waals surface area contributed by atoms with Crippen LogP contribution in [0.5, 0.6) is 0 Å². The average Bonchev–Trinajstić information content (AvgIpc) is 2.28. The van der Waals surface area contributed by atoms with Crippen molar-refractivity contribution in [2.75, 3.05) is 0 Å². The molecular weight excluding hydrogens is 270 g/mol. The highest BCUT2D eigenvalue weighted by Gasteiger charge is 2.30. The molecule has 3 nitrogen and oxygen atoms in total. The van der Waals surface area contributed by atoms with E-state index < -0.39 is 12.0 Å². The van der Waals surface area contributed by atoms with Gasteiger partial charge in [-0.3, -0.25) is 10.1 Å². The molecule has 0 amide bonds. The molecule has 2 rings (SSSR count). The Bertz CT molecular complexity index is 419. The maximum absolute atomic E-state index is 11.2. The molecule has 1 heterocycles. The number of nitrogens with one attached hydrogen (secondary N) is 1. The lowest BCUT2D eigenvalue weighted by molar-refractivity contribution is -0.140. The summed E-state index contributed by atoms with van der Waals surface area (Å²) in [6.07, 6.45) is 1.82. The third-order valence-electron chi connectivity index (χ3n) is 3.06. The molecule has 1 aliphatic rings. The maximum atomic E-state index is 11.2. The van der Waals surface area contributed by atoms with Gasteiger partial charge in [-0.15, -0.1) is 0 Å². The van der Waals surface area contributed by atoms with Gasteiger partial charge in [0.1, 0.15) is 6.04 Å². The fourth-order valence-corrected chi connectivity index (χ4v) is 2.70. The van der Waals surface area contributed by atoms with E-state index in [0.29, 0.717) is 0 Å². The molecule has 0 saturated heterocycles. The lowest BCUT2D eigenvalue weighted by Crippen LogP contribution is -2.42. The monoisotopic (exact) mass is 283 g/mol. The number of halogens is 1. The minimum atomic E-state index is -0.808. The van der Waals surface area contributed by atoms with Gasteiger partial charge in [0.05, 0.1) is 0 Å². The van der Waals surface area contributed by atoms with Crippen molar-refractivity contribution < 1.29 is 9.90 Å². The Kier molecular flexibility index (Phi) is 3.30. The lowest BCUT2D eigenvalue weighted by atomic mass is 9.89. The van der Waals surface area contributed by atoms with Gasteiger partial charge < -0.3 is 5.11 Å². The van der Waals surface area contributed by atoms with E-state index in [9.17, 15) is 9.90 Å². The minimum absolute atomic E-state index is 0.243. The van der Waals surface area contributed by atoms with Crippen LogP contribution in [0.15, 0.2) is 22.7 Å². The number of hydrogen-bond acceptors (Lipinski definition) is 2. The van der Waals surface area contributed by atoms with Gasteiger partial charge >= 0.3 is 5.97 Å². The first kappa shape index (κ1) is 11.6. The van der Waals surface area contributed by atoms with Gasteiger partial charge in [0.25, 0.3) is 0 Å². The molecule has 2 atom stereocenters. The molecule has 0 aliphatic carbocycles. The summed E-state index contributed by atoms with van der Waals surface area (Å²) in [6.45, 7) is 2.07. The van der Waals surface area contributed by atoms with E-state index in [4.69, 9.17) is 0 Å². The standard InChI is InChI=1S/C12H14BrNO2/c1-2-7-6-9-8(4-3-5-10(9)13)11(14-7)12(15)16/h3-5,7,11,14H,2,6H2,1H3,(H,15,16). The van der Waals surface area contributed by atoms with Crippen molar-refractivity contribution in [3.05, 3.63) is 33.8 Å². The first-order valence-electron chi connectivity index (χ1n) is 5.39. The first-order chi connectivity index (χ1) is 7.63. The number of carboxylic acid groups (broad SMARTS) is 1. The zero-order chi connectivity index (χ0) is 11.7. The molecule has 1 aromatic carbocycles. The smallest absolute Gasteiger partial charge is 0.325 e. The third-order valence-corrected chi connectivity index (χ3v) is 3.80. The van der Waals surface area contributed by atoms with Gasteiger partial charge in [-0.2, -0.15) is 0 Å². The zero-order valence-corrected chi connectivity index (χ0v) is 10.6. The molecule has 0 spiro atoms. The molecule has 16 heavy (non-hydrogen) atoms. The highest BCUT2D eigenvalue weighted by molar-refractivity contribution is 9.10. The Morgan fingerprint density at radius 1 is 1.62 bits per heavy atom. The number of benzene rings is 1. The highest BCUT2D eigenvalue weighted by atomic mass is 79.9. The van der Waals surface area contributed by atoms with Gasteiger partial charge in [0.15, 0.2) is 0 Å². The van der Waals surface area contributed by atoms with Crippen LogP contribution in [0.1, 0.15) is 30.5 Å². The largest absolute Gasteiger partial charge is 0.480 e. The summed E-state index contributed by atoms with van der Waals surface area (Å²) in [6, 6.07) is 5.40. The molecule has 2 unspecified atom stereocenters. The quantitative estimate of drug-likeness (QED) is 0.877. The van der Waals surface area contributed by atoms with Gasteiger partial charge in [-0.25, -0.2) is 0 Å². The summed E-state index contributed by atoms with van der Waals surface area (Å²) >= 11 is 3.49. The van der Waals surface area contributed by atoms with Crippen LogP contribution in [0.4, 0.5) is 0 Å². The fourth-order valence-electron chi connectivity index (χ4n) is 2.16. The number of aliphatic carboxylic acids is 1. The predicted molar refractivity (Wildman–Crippen MR) is 65.4 cm³/mol. The molecule has 0 saturated carbocycles. The summed E-state index contributed by atoms with van der Waals surface area (Å²) < 4.78 is 1.01. The fraction of sp³-hybridized carbons (Fsp3) is 0.417. The van der Waals surface area contributed by atoms with Crippen LogP contribution >= 0.6 is 15.9 Å². The van der Waals surface area contributed by atoms with Crippen LogP contribution in [0, 0.1) is 0 Å². The van der Waals surface area contributed by atoms with Gasteiger partial charge in [-0.1, -0.05) is 35.0 Å². The van der Waals surface area contributed by atoms with Crippen molar-refractivity contribution in [1.29, 1.82) is 0 Å². The normalized spacial score (nSPS) is 23.9. The van der Waals surface area contributed by atoms with E-state index >= 15 is 0 Å². The van der Waals surface area contributed by atoms with E-state index in [-0.39, 0.29) is 6.04 Å². The summed E-state index contributed by atoms with van der Waals surface area (Å²) in [5, 5.41) is 12.4. The van der Waals surface area contributed by atoms with Crippen LogP contribution < -0.4 is 5.32 Å². The summed E-state index contributed by atoms with van der Waals surface area (Å²) in [7, 11) is 0. The molecule has 0 bridgehead atoms. The van der Waals surface area contributed by atoms with E-state index in [1.165, 1.54) is 0 Å². The topological polar surface area (TPSA) is 49.3 Å². The molecule has 86 valence electrons. The Labute approximate surface area is 103 Å². The molecule has 2 N–H and O–H groups in total. The SMILES string of the molecule is CCC1Cc2c(Br)cccc2C(C(=O)O)N1. The molecule has 4 heteroatoms. The van der Waals surface area contributed by atoms with Crippen molar-refractivity contribution >= 4 is 21.9 Å². The second kappa shape index (κ2) is 4.55. The van der Waals surface area contributed by atoms with Crippen LogP contribution in [0.25, 0.3) is 0 Å². The number of rotatable bonds is 2. The molecular formula is C12H14BrNO2. The van der Waals surface area contributed by atoms with Crippen molar-refractivity contribution in [3.63, 3.8) is 0 Å². The Hall–Kier alpha value is -0.870. The van der Waals surface area contributed by atoms with Gasteiger partial charge in [-0.05, 0) is 30.0 Å². The predicted octanol–water partition coefficient (Wildman–Crippen LogP) is 2.50. The number of hydrogen-bond donors (Lipinski definition) is 2. The van der Waals surface area contributed by atoms with Crippen LogP contribution in [0.2, 0.25) is 0 Å². The van der Waals surface area contributed by atoms with Crippen molar-refractivity contribution in [2.24, 2.45) is 0 Å². The second-order valence-corrected chi connectivity index (χ2v) is 4.91. The van der Waals surface area contributed by atoms with Gasteiger partial charge in [0, 0.05) is 10.5 Å². The second-order valence-electron chi connectivity index (χ2n) is 4.05. The highest BCUT2D eigenvalue weighted by Crippen LogP contribution is 2.31. The van der Waals surface area contributed by atoms with E-state index in [2.05, 4.69) is 28.2 Å². The Morgan fingerprint density at radius 2 is 2.38 bits per heavy atom. The number of fused-ring (bicyclic) bond motifs is 1. The minimum Gasteiger partial charge on any atom is -0.480 e. The Balaban J connectivity index is 2.46. The lowest BCUT2D eigenvalue weighted by Gasteiger charge is -2.31. The van der Waals surface area contributed by atoms with Crippen LogP contribution in [-0.2, 0) is 11.2 Å². The van der Waals surface area contributed by atoms with Crippen molar-refractivity contribution in [1.82, 2.24) is 5.32 Å². The molecule has 0 radical (unpaired) electrons. The van der Waals surface area contributed by atoms with Gasteiger partial charge in [0.2, 0.25) is 0 Å². The van der Waals surface area contributed by atoms with E-state index in [1.54, 1.807) is 0 Å². The number of carbonyl (C=O) groups is 1. The first-order valence-corrected chi connectivity index (χ1v) is 6.19. The molecule has 0 fully saturated rings. The van der Waals surface area contributed by atoms with E-state index in [1.807, 2.05) is 18.2 Å². The third kappa shape index (κ3) is 1.99. The summed E-state index contributed by atoms with van der Waals surface area (Å²) in [5.74, 6) is -0.808. The van der Waals surface area contributed by atoms with Crippen molar-refractivity contribution in [3.8, 4) is 0 Å². The maximum Gasteiger partial charge on any atom is 0.325 e. The molecule has 0 aromatic heterocycles. The zero-order valence-electron chi connectivity index (χ0n) is 9.03. The average molecular weight is 284 g/mol. The summed E-state index contributed by atoms with van der Waals surface area (Å²) in [5.41, 5.74) is 2.01. The van der Waals surface area contributed by atoms with E-state index in [0.717, 1.165) is 28.4 Å². The Morgan fingerprint density at radius 3 is 3.00 bits per heavy atom. The van der Waals surface area contributed by atoms with Crippen molar-refractivity contribution in [2.45, 2.75) is 31.8 Å². The van der Waals surface area contributed by atoms with Crippen LogP contribution in [0.3, 0.4) is 0 Å². The number of carboxylic acids is 1. The van der Waals surface area contributed by atoms with Crippen LogP contribution in [-0.4, -0.2) is 17.1 Å². The summed E-state index contributed by atoms with van der Waals surface area (Å²) in [4.78, 5) is 11.2.